The summed E-state index contributed by atoms with van der Waals surface area (Å²) in [7, 11) is 0. The Morgan fingerprint density at radius 3 is 1.53 bits per heavy atom. The SMILES string of the molecule is CC(C)(C)c1cc2cc3c(cc2c(C(C)(C)C)c1C(C)(C)C)[C@@H]1CC[C@H]3c2ccccc21. The Bertz CT molecular complexity index is 1220. The molecule has 0 radical (unpaired) electrons. The van der Waals surface area contributed by atoms with Crippen molar-refractivity contribution in [3.05, 3.63) is 81.4 Å². The molecular formula is C32H40. The van der Waals surface area contributed by atoms with Crippen molar-refractivity contribution in [3.63, 3.8) is 0 Å². The van der Waals surface area contributed by atoms with E-state index in [0.717, 1.165) is 0 Å². The first-order valence-corrected chi connectivity index (χ1v) is 12.5. The van der Waals surface area contributed by atoms with Gasteiger partial charge in [0.1, 0.15) is 0 Å². The zero-order valence-electron chi connectivity index (χ0n) is 21.6. The lowest BCUT2D eigenvalue weighted by Crippen LogP contribution is -2.29. The first kappa shape index (κ1) is 21.7. The fraction of sp³-hybridized carbons (Fsp3) is 0.500. The second kappa shape index (κ2) is 6.72. The molecule has 3 aromatic carbocycles. The summed E-state index contributed by atoms with van der Waals surface area (Å²) in [5.74, 6) is 1.12. The van der Waals surface area contributed by atoms with Crippen LogP contribution in [0, 0.1) is 0 Å². The molecule has 0 heteroatoms. The largest absolute Gasteiger partial charge is 0.0620 e. The van der Waals surface area contributed by atoms with Crippen LogP contribution in [-0.2, 0) is 16.2 Å². The standard InChI is InChI=1S/C32H40/c1-30(2,3)27-17-19-16-25-22-14-15-23(21-13-11-10-12-20(21)22)26(25)18-24(19)28(31(4,5)6)29(27)32(7,8)9/h10-13,16-18,22-23H,14-15H2,1-9H3/t22-,23+/m0/s1. The zero-order valence-corrected chi connectivity index (χ0v) is 21.6. The fourth-order valence-corrected chi connectivity index (χ4v) is 6.67. The van der Waals surface area contributed by atoms with Crippen LogP contribution in [0.3, 0.4) is 0 Å². The third-order valence-electron chi connectivity index (χ3n) is 7.89. The van der Waals surface area contributed by atoms with E-state index in [0.29, 0.717) is 11.8 Å². The summed E-state index contributed by atoms with van der Waals surface area (Å²) < 4.78 is 0. The van der Waals surface area contributed by atoms with Crippen LogP contribution in [0.25, 0.3) is 10.8 Å². The predicted molar refractivity (Wildman–Crippen MR) is 139 cm³/mol. The quantitative estimate of drug-likeness (QED) is 0.337. The molecule has 3 aromatic rings. The third kappa shape index (κ3) is 3.17. The Hall–Kier alpha value is -2.08. The summed E-state index contributed by atoms with van der Waals surface area (Å²) in [6.07, 6.45) is 2.58. The molecule has 0 saturated heterocycles. The Morgan fingerprint density at radius 2 is 1.06 bits per heavy atom. The summed E-state index contributed by atoms with van der Waals surface area (Å²) in [4.78, 5) is 0. The number of fused-ring (bicyclic) bond motifs is 2. The van der Waals surface area contributed by atoms with Gasteiger partial charge in [0.25, 0.3) is 0 Å². The molecule has 0 saturated carbocycles. The van der Waals surface area contributed by atoms with Crippen molar-refractivity contribution < 1.29 is 0 Å². The Kier molecular flexibility index (Phi) is 4.57. The Morgan fingerprint density at radius 1 is 0.562 bits per heavy atom. The summed E-state index contributed by atoms with van der Waals surface area (Å²) >= 11 is 0. The normalized spacial score (nSPS) is 20.4. The van der Waals surface area contributed by atoms with Gasteiger partial charge in [0.15, 0.2) is 0 Å². The van der Waals surface area contributed by atoms with Gasteiger partial charge in [-0.3, -0.25) is 0 Å². The van der Waals surface area contributed by atoms with Crippen molar-refractivity contribution >= 4 is 10.8 Å². The van der Waals surface area contributed by atoms with Crippen LogP contribution >= 0.6 is 0 Å². The molecule has 0 aromatic heterocycles. The van der Waals surface area contributed by atoms with E-state index in [-0.39, 0.29) is 16.2 Å². The Labute approximate surface area is 195 Å². The van der Waals surface area contributed by atoms with E-state index >= 15 is 0 Å². The monoisotopic (exact) mass is 424 g/mol. The van der Waals surface area contributed by atoms with Gasteiger partial charge in [-0.2, -0.15) is 0 Å². The molecular weight excluding hydrogens is 384 g/mol. The summed E-state index contributed by atoms with van der Waals surface area (Å²) in [5.41, 5.74) is 11.3. The van der Waals surface area contributed by atoms with Crippen LogP contribution in [0.4, 0.5) is 0 Å². The first-order chi connectivity index (χ1) is 14.8. The van der Waals surface area contributed by atoms with E-state index in [2.05, 4.69) is 105 Å². The van der Waals surface area contributed by atoms with Crippen molar-refractivity contribution in [2.45, 2.75) is 103 Å². The summed E-state index contributed by atoms with van der Waals surface area (Å²) in [5, 5.41) is 2.93. The molecule has 32 heavy (non-hydrogen) atoms. The van der Waals surface area contributed by atoms with Gasteiger partial charge in [-0.15, -0.1) is 0 Å². The lowest BCUT2D eigenvalue weighted by Gasteiger charge is -2.42. The van der Waals surface area contributed by atoms with Gasteiger partial charge in [-0.1, -0.05) is 98.7 Å². The number of benzene rings is 3. The van der Waals surface area contributed by atoms with Gasteiger partial charge >= 0.3 is 0 Å². The van der Waals surface area contributed by atoms with E-state index in [9.17, 15) is 0 Å². The highest BCUT2D eigenvalue weighted by Crippen LogP contribution is 2.54. The average molecular weight is 425 g/mol. The molecule has 3 aliphatic carbocycles. The van der Waals surface area contributed by atoms with Crippen molar-refractivity contribution in [1.82, 2.24) is 0 Å². The maximum absolute atomic E-state index is 2.61. The van der Waals surface area contributed by atoms with Crippen LogP contribution in [0.1, 0.15) is 126 Å². The fourth-order valence-electron chi connectivity index (χ4n) is 6.67. The summed E-state index contributed by atoms with van der Waals surface area (Å²) in [6, 6.07) is 16.9. The van der Waals surface area contributed by atoms with Gasteiger partial charge in [0.2, 0.25) is 0 Å². The number of rotatable bonds is 0. The highest BCUT2D eigenvalue weighted by molar-refractivity contribution is 5.92. The maximum atomic E-state index is 2.61. The van der Waals surface area contributed by atoms with Crippen molar-refractivity contribution in [3.8, 4) is 0 Å². The van der Waals surface area contributed by atoms with Crippen molar-refractivity contribution in [2.24, 2.45) is 0 Å². The smallest absolute Gasteiger partial charge is 0.00958 e. The van der Waals surface area contributed by atoms with Crippen LogP contribution < -0.4 is 0 Å². The molecule has 0 unspecified atom stereocenters. The average Bonchev–Trinajstić information content (AvgIpc) is 2.69. The van der Waals surface area contributed by atoms with Gasteiger partial charge in [0, 0.05) is 11.8 Å². The van der Waals surface area contributed by atoms with E-state index < -0.39 is 0 Å². The highest BCUT2D eigenvalue weighted by atomic mass is 14.4. The Balaban J connectivity index is 1.90. The molecule has 6 rings (SSSR count). The molecule has 168 valence electrons. The molecule has 0 amide bonds. The third-order valence-corrected chi connectivity index (χ3v) is 7.89. The predicted octanol–water partition coefficient (Wildman–Crippen LogP) is 9.10. The van der Waals surface area contributed by atoms with Crippen molar-refractivity contribution in [2.75, 3.05) is 0 Å². The van der Waals surface area contributed by atoms with Crippen molar-refractivity contribution in [1.29, 1.82) is 0 Å². The van der Waals surface area contributed by atoms with Crippen LogP contribution in [0.5, 0.6) is 0 Å². The van der Waals surface area contributed by atoms with Gasteiger partial charge < -0.3 is 0 Å². The molecule has 0 spiro atoms. The highest BCUT2D eigenvalue weighted by Gasteiger charge is 2.39. The topological polar surface area (TPSA) is 0 Å². The number of hydrogen-bond donors (Lipinski definition) is 0. The van der Waals surface area contributed by atoms with Gasteiger partial charge in [-0.05, 0) is 84.9 Å². The lowest BCUT2D eigenvalue weighted by atomic mass is 9.62. The zero-order chi connectivity index (χ0) is 23.2. The molecule has 2 bridgehead atoms. The first-order valence-electron chi connectivity index (χ1n) is 12.5. The molecule has 2 atom stereocenters. The van der Waals surface area contributed by atoms with Crippen LogP contribution in [-0.4, -0.2) is 0 Å². The minimum Gasteiger partial charge on any atom is -0.0620 e. The molecule has 0 nitrogen and oxygen atoms in total. The second-order valence-electron chi connectivity index (χ2n) is 13.4. The van der Waals surface area contributed by atoms with E-state index in [1.54, 1.807) is 33.4 Å². The molecule has 0 heterocycles. The minimum absolute atomic E-state index is 0.0853. The van der Waals surface area contributed by atoms with E-state index in [1.807, 2.05) is 0 Å². The van der Waals surface area contributed by atoms with Crippen LogP contribution in [0.2, 0.25) is 0 Å². The van der Waals surface area contributed by atoms with Crippen LogP contribution in [0.15, 0.2) is 42.5 Å². The van der Waals surface area contributed by atoms with Gasteiger partial charge in [-0.25, -0.2) is 0 Å². The second-order valence-corrected chi connectivity index (χ2v) is 13.4. The van der Waals surface area contributed by atoms with E-state index in [1.165, 1.54) is 29.2 Å². The van der Waals surface area contributed by atoms with E-state index in [4.69, 9.17) is 0 Å². The maximum Gasteiger partial charge on any atom is 0.00958 e. The molecule has 0 aliphatic heterocycles. The molecule has 0 fully saturated rings. The molecule has 0 N–H and O–H groups in total. The summed E-state index contributed by atoms with van der Waals surface area (Å²) in [6.45, 7) is 21.6. The lowest BCUT2D eigenvalue weighted by molar-refractivity contribution is 0.500. The minimum atomic E-state index is 0.0853. The number of hydrogen-bond acceptors (Lipinski definition) is 0. The molecule has 3 aliphatic rings. The van der Waals surface area contributed by atoms with Gasteiger partial charge in [0.05, 0.1) is 0 Å².